The standard InChI is InChI=1S/C17H38O5Si3/c1-16(2)17(18)20-13-11-15-24(6,7)22-25(8,9)21-23(4,5)14-10-12-19-3/h1,10-15H2,2-9H3. The zero-order valence-corrected chi connectivity index (χ0v) is 20.5. The number of hydrogen-bond donors (Lipinski definition) is 0. The van der Waals surface area contributed by atoms with Gasteiger partial charge in [-0.2, -0.15) is 0 Å². The van der Waals surface area contributed by atoms with Crippen molar-refractivity contribution in [2.24, 2.45) is 0 Å². The quantitative estimate of drug-likeness (QED) is 0.192. The van der Waals surface area contributed by atoms with Crippen molar-refractivity contribution in [3.63, 3.8) is 0 Å². The summed E-state index contributed by atoms with van der Waals surface area (Å²) in [6, 6.07) is 2.03. The fraction of sp³-hybridized carbons (Fsp3) is 0.824. The molecule has 0 heterocycles. The molecule has 0 saturated carbocycles. The third-order valence-corrected chi connectivity index (χ3v) is 15.1. The van der Waals surface area contributed by atoms with E-state index >= 15 is 0 Å². The summed E-state index contributed by atoms with van der Waals surface area (Å²) < 4.78 is 23.4. The van der Waals surface area contributed by atoms with Crippen LogP contribution in [0.4, 0.5) is 0 Å². The predicted octanol–water partition coefficient (Wildman–Crippen LogP) is 4.68. The van der Waals surface area contributed by atoms with E-state index in [9.17, 15) is 4.79 Å². The average molecular weight is 407 g/mol. The van der Waals surface area contributed by atoms with Crippen LogP contribution in [0.15, 0.2) is 12.2 Å². The van der Waals surface area contributed by atoms with E-state index in [4.69, 9.17) is 17.7 Å². The van der Waals surface area contributed by atoms with E-state index in [0.717, 1.165) is 31.5 Å². The van der Waals surface area contributed by atoms with Gasteiger partial charge in [-0.3, -0.25) is 0 Å². The lowest BCUT2D eigenvalue weighted by Crippen LogP contribution is -2.52. The SMILES string of the molecule is C=C(C)C(=O)OCCC[Si](C)(C)O[Si](C)(C)O[Si](C)(C)CCCOC. The van der Waals surface area contributed by atoms with Crippen LogP contribution in [0.25, 0.3) is 0 Å². The molecule has 25 heavy (non-hydrogen) atoms. The summed E-state index contributed by atoms with van der Waals surface area (Å²) in [5, 5.41) is 0. The predicted molar refractivity (Wildman–Crippen MR) is 111 cm³/mol. The summed E-state index contributed by atoms with van der Waals surface area (Å²) in [6.07, 6.45) is 1.85. The Hall–Kier alpha value is -0.259. The Bertz CT molecular complexity index is 436. The van der Waals surface area contributed by atoms with Crippen LogP contribution in [-0.4, -0.2) is 51.5 Å². The average Bonchev–Trinajstić information content (AvgIpc) is 2.40. The van der Waals surface area contributed by atoms with Crippen LogP contribution in [-0.2, 0) is 22.5 Å². The van der Waals surface area contributed by atoms with E-state index in [0.29, 0.717) is 12.2 Å². The molecule has 0 aromatic rings. The van der Waals surface area contributed by atoms with Gasteiger partial charge in [-0.1, -0.05) is 6.58 Å². The fourth-order valence-electron chi connectivity index (χ4n) is 2.88. The van der Waals surface area contributed by atoms with Crippen molar-refractivity contribution in [1.29, 1.82) is 0 Å². The normalized spacial score (nSPS) is 13.0. The van der Waals surface area contributed by atoms with Crippen LogP contribution in [0.3, 0.4) is 0 Å². The lowest BCUT2D eigenvalue weighted by atomic mass is 10.4. The van der Waals surface area contributed by atoms with Gasteiger partial charge in [0.1, 0.15) is 0 Å². The van der Waals surface area contributed by atoms with Gasteiger partial charge < -0.3 is 17.7 Å². The number of ether oxygens (including phenoxy) is 2. The van der Waals surface area contributed by atoms with Gasteiger partial charge in [0.15, 0.2) is 16.6 Å². The van der Waals surface area contributed by atoms with E-state index in [-0.39, 0.29) is 5.97 Å². The molecule has 0 spiro atoms. The van der Waals surface area contributed by atoms with Gasteiger partial charge in [0.2, 0.25) is 0 Å². The second-order valence-corrected chi connectivity index (χ2v) is 20.7. The van der Waals surface area contributed by atoms with Crippen LogP contribution >= 0.6 is 0 Å². The van der Waals surface area contributed by atoms with Crippen molar-refractivity contribution < 1.29 is 22.5 Å². The van der Waals surface area contributed by atoms with Crippen molar-refractivity contribution >= 4 is 31.2 Å². The zero-order chi connectivity index (χ0) is 19.7. The van der Waals surface area contributed by atoms with Gasteiger partial charge in [0.05, 0.1) is 6.61 Å². The number of carbonyl (C=O) groups is 1. The van der Waals surface area contributed by atoms with E-state index in [1.165, 1.54) is 0 Å². The summed E-state index contributed by atoms with van der Waals surface area (Å²) in [5.41, 5.74) is 0.440. The lowest BCUT2D eigenvalue weighted by Gasteiger charge is -2.38. The minimum absolute atomic E-state index is 0.317. The number of hydrogen-bond acceptors (Lipinski definition) is 5. The van der Waals surface area contributed by atoms with E-state index < -0.39 is 25.2 Å². The van der Waals surface area contributed by atoms with E-state index in [2.05, 4.69) is 45.9 Å². The molecule has 0 unspecified atom stereocenters. The number of rotatable bonds is 13. The number of esters is 1. The first-order chi connectivity index (χ1) is 11.3. The molecular formula is C17H38O5Si3. The van der Waals surface area contributed by atoms with Gasteiger partial charge in [0, 0.05) is 19.3 Å². The maximum Gasteiger partial charge on any atom is 0.333 e. The van der Waals surface area contributed by atoms with Crippen molar-refractivity contribution in [3.8, 4) is 0 Å². The molecule has 0 fully saturated rings. The molecule has 0 rings (SSSR count). The second kappa shape index (κ2) is 10.8. The van der Waals surface area contributed by atoms with Crippen LogP contribution in [0, 0.1) is 0 Å². The van der Waals surface area contributed by atoms with Crippen molar-refractivity contribution in [1.82, 2.24) is 0 Å². The Morgan fingerprint density at radius 1 is 0.880 bits per heavy atom. The van der Waals surface area contributed by atoms with Crippen molar-refractivity contribution in [2.45, 2.75) is 71.1 Å². The fourth-order valence-corrected chi connectivity index (χ4v) is 16.9. The molecule has 5 nitrogen and oxygen atoms in total. The van der Waals surface area contributed by atoms with Crippen LogP contribution in [0.2, 0.25) is 51.4 Å². The Morgan fingerprint density at radius 3 is 1.72 bits per heavy atom. The highest BCUT2D eigenvalue weighted by Gasteiger charge is 2.39. The Morgan fingerprint density at radius 2 is 1.32 bits per heavy atom. The molecule has 0 aromatic carbocycles. The van der Waals surface area contributed by atoms with Gasteiger partial charge >= 0.3 is 14.5 Å². The third-order valence-electron chi connectivity index (χ3n) is 3.68. The van der Waals surface area contributed by atoms with E-state index in [1.807, 2.05) is 0 Å². The molecule has 0 aliphatic carbocycles. The monoisotopic (exact) mass is 406 g/mol. The van der Waals surface area contributed by atoms with Gasteiger partial charge in [-0.05, 0) is 71.1 Å². The summed E-state index contributed by atoms with van der Waals surface area (Å²) in [7, 11) is -4.04. The molecule has 0 bridgehead atoms. The smallest absolute Gasteiger partial charge is 0.333 e. The van der Waals surface area contributed by atoms with Crippen LogP contribution < -0.4 is 0 Å². The molecule has 0 aliphatic heterocycles. The number of carbonyl (C=O) groups excluding carboxylic acids is 1. The molecule has 148 valence electrons. The lowest BCUT2D eigenvalue weighted by molar-refractivity contribution is -0.138. The van der Waals surface area contributed by atoms with Gasteiger partial charge in [-0.25, -0.2) is 4.79 Å². The first-order valence-corrected chi connectivity index (χ1v) is 18.1. The maximum absolute atomic E-state index is 11.4. The van der Waals surface area contributed by atoms with Gasteiger partial charge in [-0.15, -0.1) is 0 Å². The topological polar surface area (TPSA) is 54.0 Å². The molecule has 0 atom stereocenters. The van der Waals surface area contributed by atoms with Crippen molar-refractivity contribution in [2.75, 3.05) is 20.3 Å². The van der Waals surface area contributed by atoms with E-state index in [1.54, 1.807) is 14.0 Å². The summed E-state index contributed by atoms with van der Waals surface area (Å²) in [6.45, 7) is 19.7. The number of methoxy groups -OCH3 is 1. The van der Waals surface area contributed by atoms with Crippen molar-refractivity contribution in [3.05, 3.63) is 12.2 Å². The molecule has 0 aromatic heterocycles. The van der Waals surface area contributed by atoms with Crippen LogP contribution in [0.5, 0.6) is 0 Å². The highest BCUT2D eigenvalue weighted by atomic mass is 28.5. The molecule has 0 N–H and O–H groups in total. The first kappa shape index (κ1) is 24.7. The first-order valence-electron chi connectivity index (χ1n) is 9.02. The second-order valence-electron chi connectivity index (χ2n) is 8.24. The zero-order valence-electron chi connectivity index (χ0n) is 17.5. The molecule has 0 aliphatic rings. The summed E-state index contributed by atoms with van der Waals surface area (Å²) in [5.74, 6) is -0.317. The van der Waals surface area contributed by atoms with Gasteiger partial charge in [0.25, 0.3) is 0 Å². The largest absolute Gasteiger partial charge is 0.462 e. The molecule has 0 amide bonds. The van der Waals surface area contributed by atoms with Crippen LogP contribution in [0.1, 0.15) is 19.8 Å². The Balaban J connectivity index is 4.39. The summed E-state index contributed by atoms with van der Waals surface area (Å²) >= 11 is 0. The maximum atomic E-state index is 11.4. The third kappa shape index (κ3) is 12.7. The molecule has 8 heteroatoms. The minimum atomic E-state index is -2.17. The molecular weight excluding hydrogens is 368 g/mol. The summed E-state index contributed by atoms with van der Waals surface area (Å²) in [4.78, 5) is 11.4. The highest BCUT2D eigenvalue weighted by molar-refractivity contribution is 6.87. The molecule has 0 radical (unpaired) electrons. The minimum Gasteiger partial charge on any atom is -0.462 e. The Labute approximate surface area is 157 Å². The highest BCUT2D eigenvalue weighted by Crippen LogP contribution is 2.26. The molecule has 0 saturated heterocycles. The Kier molecular flexibility index (Phi) is 10.7.